The van der Waals surface area contributed by atoms with Gasteiger partial charge in [0.15, 0.2) is 0 Å². The molecular weight excluding hydrogens is 209 g/mol. The zero-order valence-corrected chi connectivity index (χ0v) is 8.53. The number of aromatic nitrogens is 1. The number of fused-ring (bicyclic) bond motifs is 1. The highest BCUT2D eigenvalue weighted by molar-refractivity contribution is 6.29. The highest BCUT2D eigenvalue weighted by atomic mass is 35.5. The summed E-state index contributed by atoms with van der Waals surface area (Å²) in [6, 6.07) is 1.81. The Morgan fingerprint density at radius 1 is 1.54 bits per heavy atom. The van der Waals surface area contributed by atoms with Crippen LogP contribution in [0.1, 0.15) is 16.8 Å². The maximum Gasteiger partial charge on any atom is 0.129 e. The molecule has 2 rings (SSSR count). The molecule has 13 heavy (non-hydrogen) atoms. The van der Waals surface area contributed by atoms with Gasteiger partial charge in [-0.15, -0.1) is 11.6 Å². The number of alkyl halides is 1. The average Bonchev–Trinajstić information content (AvgIpc) is 2.16. The second kappa shape index (κ2) is 3.82. The Labute approximate surface area is 86.8 Å². The lowest BCUT2D eigenvalue weighted by Gasteiger charge is -2.18. The van der Waals surface area contributed by atoms with E-state index in [2.05, 4.69) is 4.98 Å². The van der Waals surface area contributed by atoms with Crippen LogP contribution < -0.4 is 0 Å². The number of rotatable bonds is 1. The Morgan fingerprint density at radius 2 is 2.38 bits per heavy atom. The fraction of sp³-hybridized carbons (Fsp3) is 0.444. The molecule has 0 amide bonds. The third-order valence-corrected chi connectivity index (χ3v) is 2.63. The SMILES string of the molecule is ClCc1cc(Cl)nc2c1COCC2. The first-order valence-corrected chi connectivity index (χ1v) is 5.03. The van der Waals surface area contributed by atoms with E-state index in [-0.39, 0.29) is 0 Å². The highest BCUT2D eigenvalue weighted by Crippen LogP contribution is 2.23. The van der Waals surface area contributed by atoms with Crippen molar-refractivity contribution in [1.82, 2.24) is 4.98 Å². The van der Waals surface area contributed by atoms with Crippen LogP contribution in [-0.2, 0) is 23.6 Å². The summed E-state index contributed by atoms with van der Waals surface area (Å²) in [6.45, 7) is 1.34. The standard InChI is InChI=1S/C9H9Cl2NO/c10-4-6-3-9(11)12-8-1-2-13-5-7(6)8/h3H,1-2,4-5H2. The minimum absolute atomic E-state index is 0.466. The van der Waals surface area contributed by atoms with E-state index in [1.165, 1.54) is 0 Å². The number of pyridine rings is 1. The molecule has 0 unspecified atom stereocenters. The third-order valence-electron chi connectivity index (χ3n) is 2.14. The molecule has 4 heteroatoms. The fourth-order valence-electron chi connectivity index (χ4n) is 1.49. The molecule has 0 atom stereocenters. The van der Waals surface area contributed by atoms with Gasteiger partial charge in [0.25, 0.3) is 0 Å². The molecule has 1 aliphatic rings. The summed E-state index contributed by atoms with van der Waals surface area (Å²) in [5, 5.41) is 0.524. The zero-order valence-electron chi connectivity index (χ0n) is 7.02. The van der Waals surface area contributed by atoms with Crippen molar-refractivity contribution in [3.05, 3.63) is 28.0 Å². The fourth-order valence-corrected chi connectivity index (χ4v) is 1.96. The van der Waals surface area contributed by atoms with Gasteiger partial charge in [-0.3, -0.25) is 0 Å². The second-order valence-electron chi connectivity index (χ2n) is 2.97. The van der Waals surface area contributed by atoms with E-state index in [1.54, 1.807) is 0 Å². The van der Waals surface area contributed by atoms with E-state index < -0.39 is 0 Å². The van der Waals surface area contributed by atoms with Gasteiger partial charge in [0.05, 0.1) is 18.9 Å². The molecule has 70 valence electrons. The Morgan fingerprint density at radius 3 is 3.15 bits per heavy atom. The Balaban J connectivity index is 2.50. The van der Waals surface area contributed by atoms with Crippen LogP contribution in [-0.4, -0.2) is 11.6 Å². The van der Waals surface area contributed by atoms with E-state index in [0.717, 1.165) is 29.8 Å². The van der Waals surface area contributed by atoms with Crippen LogP contribution in [0.3, 0.4) is 0 Å². The maximum atomic E-state index is 5.85. The van der Waals surface area contributed by atoms with Gasteiger partial charge in [0.2, 0.25) is 0 Å². The van der Waals surface area contributed by atoms with Crippen molar-refractivity contribution in [2.45, 2.75) is 18.9 Å². The first-order valence-electron chi connectivity index (χ1n) is 4.12. The van der Waals surface area contributed by atoms with Gasteiger partial charge in [-0.05, 0) is 11.6 Å². The molecule has 0 fully saturated rings. The minimum Gasteiger partial charge on any atom is -0.376 e. The summed E-state index contributed by atoms with van der Waals surface area (Å²) >= 11 is 11.6. The molecule has 2 nitrogen and oxygen atoms in total. The van der Waals surface area contributed by atoms with Crippen LogP contribution in [0.15, 0.2) is 6.07 Å². The van der Waals surface area contributed by atoms with Gasteiger partial charge in [0.1, 0.15) is 5.15 Å². The zero-order chi connectivity index (χ0) is 9.26. The molecule has 0 N–H and O–H groups in total. The molecule has 0 aliphatic carbocycles. The molecular formula is C9H9Cl2NO. The van der Waals surface area contributed by atoms with Crippen LogP contribution in [0.2, 0.25) is 5.15 Å². The van der Waals surface area contributed by atoms with Crippen molar-refractivity contribution in [3.8, 4) is 0 Å². The van der Waals surface area contributed by atoms with Crippen LogP contribution in [0.25, 0.3) is 0 Å². The molecule has 0 saturated carbocycles. The maximum absolute atomic E-state index is 5.85. The van der Waals surface area contributed by atoms with Gasteiger partial charge >= 0.3 is 0 Å². The van der Waals surface area contributed by atoms with E-state index in [4.69, 9.17) is 27.9 Å². The lowest BCUT2D eigenvalue weighted by Crippen LogP contribution is -2.13. The molecule has 1 aromatic rings. The smallest absolute Gasteiger partial charge is 0.129 e. The Kier molecular flexibility index (Phi) is 2.72. The summed E-state index contributed by atoms with van der Waals surface area (Å²) in [5.74, 6) is 0.466. The summed E-state index contributed by atoms with van der Waals surface area (Å²) in [7, 11) is 0. The van der Waals surface area contributed by atoms with E-state index in [0.29, 0.717) is 17.6 Å². The molecule has 0 spiro atoms. The Bertz CT molecular complexity index is 310. The predicted octanol–water partition coefficient (Wildman–Crippen LogP) is 2.55. The van der Waals surface area contributed by atoms with Crippen molar-refractivity contribution in [3.63, 3.8) is 0 Å². The van der Waals surface area contributed by atoms with Gasteiger partial charge in [-0.25, -0.2) is 4.98 Å². The van der Waals surface area contributed by atoms with Crippen molar-refractivity contribution in [1.29, 1.82) is 0 Å². The Hall–Kier alpha value is -0.310. The van der Waals surface area contributed by atoms with Crippen LogP contribution in [0.5, 0.6) is 0 Å². The molecule has 0 bridgehead atoms. The predicted molar refractivity (Wildman–Crippen MR) is 52.2 cm³/mol. The molecule has 2 heterocycles. The van der Waals surface area contributed by atoms with Crippen LogP contribution in [0.4, 0.5) is 0 Å². The molecule has 0 radical (unpaired) electrons. The summed E-state index contributed by atoms with van der Waals surface area (Å²) in [5.41, 5.74) is 3.19. The molecule has 0 aromatic carbocycles. The second-order valence-corrected chi connectivity index (χ2v) is 3.62. The molecule has 0 saturated heterocycles. The first kappa shape index (κ1) is 9.25. The van der Waals surface area contributed by atoms with Gasteiger partial charge < -0.3 is 4.74 Å². The van der Waals surface area contributed by atoms with Crippen molar-refractivity contribution in [2.24, 2.45) is 0 Å². The van der Waals surface area contributed by atoms with Crippen molar-refractivity contribution >= 4 is 23.2 Å². The highest BCUT2D eigenvalue weighted by Gasteiger charge is 2.15. The summed E-state index contributed by atoms with van der Waals surface area (Å²) in [4.78, 5) is 4.25. The largest absolute Gasteiger partial charge is 0.376 e. The third kappa shape index (κ3) is 1.80. The van der Waals surface area contributed by atoms with Gasteiger partial charge in [0, 0.05) is 17.9 Å². The van der Waals surface area contributed by atoms with Crippen LogP contribution >= 0.6 is 23.2 Å². The quantitative estimate of drug-likeness (QED) is 0.533. The molecule has 1 aliphatic heterocycles. The topological polar surface area (TPSA) is 22.1 Å². The molecule has 1 aromatic heterocycles. The van der Waals surface area contributed by atoms with E-state index in [1.807, 2.05) is 6.07 Å². The van der Waals surface area contributed by atoms with Crippen LogP contribution in [0, 0.1) is 0 Å². The summed E-state index contributed by atoms with van der Waals surface area (Å²) in [6.07, 6.45) is 0.833. The number of nitrogens with zero attached hydrogens (tertiary/aromatic N) is 1. The van der Waals surface area contributed by atoms with Gasteiger partial charge in [-0.1, -0.05) is 11.6 Å². The minimum atomic E-state index is 0.466. The van der Waals surface area contributed by atoms with E-state index >= 15 is 0 Å². The average molecular weight is 218 g/mol. The normalized spacial score (nSPS) is 15.5. The van der Waals surface area contributed by atoms with Gasteiger partial charge in [-0.2, -0.15) is 0 Å². The number of hydrogen-bond donors (Lipinski definition) is 0. The monoisotopic (exact) mass is 217 g/mol. The lowest BCUT2D eigenvalue weighted by atomic mass is 10.1. The van der Waals surface area contributed by atoms with E-state index in [9.17, 15) is 0 Å². The van der Waals surface area contributed by atoms with Crippen molar-refractivity contribution < 1.29 is 4.74 Å². The summed E-state index contributed by atoms with van der Waals surface area (Å²) < 4.78 is 5.34. The number of hydrogen-bond acceptors (Lipinski definition) is 2. The number of halogens is 2. The van der Waals surface area contributed by atoms with Crippen molar-refractivity contribution in [2.75, 3.05) is 6.61 Å². The lowest BCUT2D eigenvalue weighted by molar-refractivity contribution is 0.108. The first-order chi connectivity index (χ1) is 6.31. The number of ether oxygens (including phenoxy) is 1.